The van der Waals surface area contributed by atoms with Crippen LogP contribution in [0.25, 0.3) is 0 Å². The summed E-state index contributed by atoms with van der Waals surface area (Å²) >= 11 is 0. The van der Waals surface area contributed by atoms with Crippen LogP contribution in [0.3, 0.4) is 0 Å². The molecule has 0 spiro atoms. The van der Waals surface area contributed by atoms with Crippen molar-refractivity contribution in [2.24, 2.45) is 35.5 Å². The van der Waals surface area contributed by atoms with Crippen molar-refractivity contribution in [1.29, 1.82) is 0 Å². The minimum Gasteiger partial charge on any atom is -0.414 e. The van der Waals surface area contributed by atoms with Crippen LogP contribution in [0.2, 0.25) is 19.6 Å². The van der Waals surface area contributed by atoms with Gasteiger partial charge in [-0.2, -0.15) is 0 Å². The van der Waals surface area contributed by atoms with Gasteiger partial charge >= 0.3 is 0 Å². The van der Waals surface area contributed by atoms with Crippen LogP contribution in [0.5, 0.6) is 0 Å². The zero-order valence-corrected chi connectivity index (χ0v) is 15.7. The van der Waals surface area contributed by atoms with Crippen molar-refractivity contribution in [3.05, 3.63) is 0 Å². The normalized spacial score (nSPS) is 32.8. The standard InChI is InChI=1S/C17H36OSi/c1-11(2)14-10-15(12(3)4)17(16(14)13(5)6)18-19(7,8)9/h11-17H,10H2,1-9H3. The summed E-state index contributed by atoms with van der Waals surface area (Å²) in [5.41, 5.74) is 0. The van der Waals surface area contributed by atoms with Gasteiger partial charge in [-0.15, -0.1) is 0 Å². The molecule has 1 fully saturated rings. The third-order valence-corrected chi connectivity index (χ3v) is 5.79. The third kappa shape index (κ3) is 4.32. The van der Waals surface area contributed by atoms with Gasteiger partial charge < -0.3 is 4.43 Å². The van der Waals surface area contributed by atoms with Crippen LogP contribution in [-0.2, 0) is 4.43 Å². The average molecular weight is 285 g/mol. The number of hydrogen-bond donors (Lipinski definition) is 0. The zero-order valence-electron chi connectivity index (χ0n) is 14.7. The lowest BCUT2D eigenvalue weighted by atomic mass is 9.79. The van der Waals surface area contributed by atoms with E-state index in [1.54, 1.807) is 0 Å². The molecule has 0 N–H and O–H groups in total. The van der Waals surface area contributed by atoms with Crippen LogP contribution < -0.4 is 0 Å². The van der Waals surface area contributed by atoms with E-state index in [2.05, 4.69) is 61.2 Å². The molecule has 1 nitrogen and oxygen atoms in total. The van der Waals surface area contributed by atoms with Crippen molar-refractivity contribution in [2.45, 2.75) is 73.7 Å². The summed E-state index contributed by atoms with van der Waals surface area (Å²) < 4.78 is 6.67. The van der Waals surface area contributed by atoms with Crippen LogP contribution in [0, 0.1) is 35.5 Å². The van der Waals surface area contributed by atoms with E-state index in [4.69, 9.17) is 4.43 Å². The van der Waals surface area contributed by atoms with E-state index in [-0.39, 0.29) is 0 Å². The van der Waals surface area contributed by atoms with Gasteiger partial charge in [0.1, 0.15) is 0 Å². The quantitative estimate of drug-likeness (QED) is 0.612. The second-order valence-corrected chi connectivity index (χ2v) is 13.0. The van der Waals surface area contributed by atoms with E-state index < -0.39 is 8.32 Å². The van der Waals surface area contributed by atoms with E-state index in [1.165, 1.54) is 6.42 Å². The fourth-order valence-electron chi connectivity index (χ4n) is 3.95. The minimum absolute atomic E-state index is 0.499. The van der Waals surface area contributed by atoms with E-state index in [0.717, 1.165) is 35.5 Å². The molecule has 0 amide bonds. The summed E-state index contributed by atoms with van der Waals surface area (Å²) in [6.07, 6.45) is 1.87. The highest BCUT2D eigenvalue weighted by Crippen LogP contribution is 2.49. The van der Waals surface area contributed by atoms with Gasteiger partial charge in [-0.05, 0) is 61.6 Å². The summed E-state index contributed by atoms with van der Waals surface area (Å²) in [6.45, 7) is 21.4. The van der Waals surface area contributed by atoms with Crippen LogP contribution in [0.1, 0.15) is 48.0 Å². The Morgan fingerprint density at radius 1 is 0.789 bits per heavy atom. The lowest BCUT2D eigenvalue weighted by molar-refractivity contribution is 0.0563. The highest BCUT2D eigenvalue weighted by atomic mass is 28.4. The van der Waals surface area contributed by atoms with Gasteiger partial charge in [0.25, 0.3) is 0 Å². The van der Waals surface area contributed by atoms with Crippen LogP contribution >= 0.6 is 0 Å². The molecule has 4 unspecified atom stereocenters. The van der Waals surface area contributed by atoms with Crippen molar-refractivity contribution >= 4 is 8.32 Å². The van der Waals surface area contributed by atoms with Crippen molar-refractivity contribution in [3.63, 3.8) is 0 Å². The molecule has 0 aliphatic heterocycles. The van der Waals surface area contributed by atoms with Crippen molar-refractivity contribution in [3.8, 4) is 0 Å². The first kappa shape index (κ1) is 17.2. The topological polar surface area (TPSA) is 9.23 Å². The summed E-state index contributed by atoms with van der Waals surface area (Å²) in [6, 6.07) is 0. The molecule has 0 saturated heterocycles. The Balaban J connectivity index is 3.02. The predicted octanol–water partition coefficient (Wildman–Crippen LogP) is 5.43. The van der Waals surface area contributed by atoms with E-state index in [9.17, 15) is 0 Å². The summed E-state index contributed by atoms with van der Waals surface area (Å²) in [5, 5.41) is 0. The molecule has 1 rings (SSSR count). The summed E-state index contributed by atoms with van der Waals surface area (Å²) in [4.78, 5) is 0. The Morgan fingerprint density at radius 3 is 1.58 bits per heavy atom. The minimum atomic E-state index is -1.46. The van der Waals surface area contributed by atoms with E-state index >= 15 is 0 Å². The fraction of sp³-hybridized carbons (Fsp3) is 1.00. The molecule has 2 heteroatoms. The molecule has 0 heterocycles. The zero-order chi connectivity index (χ0) is 15.0. The Bertz CT molecular complexity index is 277. The lowest BCUT2D eigenvalue weighted by Crippen LogP contribution is -2.41. The molecule has 4 atom stereocenters. The number of rotatable bonds is 5. The molecule has 1 aliphatic rings. The first-order valence-electron chi connectivity index (χ1n) is 8.22. The molecule has 1 aliphatic carbocycles. The molecule has 0 radical (unpaired) electrons. The van der Waals surface area contributed by atoms with Gasteiger partial charge in [0.15, 0.2) is 8.32 Å². The highest BCUT2D eigenvalue weighted by molar-refractivity contribution is 6.69. The maximum absolute atomic E-state index is 6.67. The predicted molar refractivity (Wildman–Crippen MR) is 87.8 cm³/mol. The fourth-order valence-corrected chi connectivity index (χ4v) is 5.10. The van der Waals surface area contributed by atoms with Crippen LogP contribution in [0.15, 0.2) is 0 Å². The largest absolute Gasteiger partial charge is 0.414 e. The molecule has 0 aromatic carbocycles. The van der Waals surface area contributed by atoms with Crippen LogP contribution in [-0.4, -0.2) is 14.4 Å². The van der Waals surface area contributed by atoms with Gasteiger partial charge in [-0.1, -0.05) is 41.5 Å². The SMILES string of the molecule is CC(C)C1CC(C(C)C)C(C(C)C)C1O[Si](C)(C)C. The monoisotopic (exact) mass is 284 g/mol. The van der Waals surface area contributed by atoms with E-state index in [0.29, 0.717) is 6.10 Å². The summed E-state index contributed by atoms with van der Waals surface area (Å²) in [5.74, 6) is 4.60. The Morgan fingerprint density at radius 2 is 1.26 bits per heavy atom. The molecule has 19 heavy (non-hydrogen) atoms. The Labute approximate surface area is 122 Å². The van der Waals surface area contributed by atoms with Gasteiger partial charge in [0.2, 0.25) is 0 Å². The summed E-state index contributed by atoms with van der Waals surface area (Å²) in [7, 11) is -1.46. The second kappa shape index (κ2) is 6.30. The lowest BCUT2D eigenvalue weighted by Gasteiger charge is -2.36. The third-order valence-electron chi connectivity index (χ3n) is 4.81. The van der Waals surface area contributed by atoms with Gasteiger partial charge in [-0.25, -0.2) is 0 Å². The smallest absolute Gasteiger partial charge is 0.184 e. The second-order valence-electron chi connectivity index (χ2n) is 8.57. The molecular weight excluding hydrogens is 248 g/mol. The van der Waals surface area contributed by atoms with E-state index in [1.807, 2.05) is 0 Å². The molecule has 1 saturated carbocycles. The van der Waals surface area contributed by atoms with Gasteiger partial charge in [-0.3, -0.25) is 0 Å². The first-order chi connectivity index (χ1) is 8.54. The number of hydrogen-bond acceptors (Lipinski definition) is 1. The van der Waals surface area contributed by atoms with Crippen LogP contribution in [0.4, 0.5) is 0 Å². The highest BCUT2D eigenvalue weighted by Gasteiger charge is 2.48. The average Bonchev–Trinajstić information content (AvgIpc) is 2.54. The molecule has 114 valence electrons. The van der Waals surface area contributed by atoms with Crippen molar-refractivity contribution in [2.75, 3.05) is 0 Å². The maximum Gasteiger partial charge on any atom is 0.184 e. The molecule has 0 aromatic heterocycles. The molecular formula is C17H36OSi. The Kier molecular flexibility index (Phi) is 5.71. The first-order valence-corrected chi connectivity index (χ1v) is 11.6. The van der Waals surface area contributed by atoms with Crippen molar-refractivity contribution in [1.82, 2.24) is 0 Å². The Hall–Kier alpha value is 0.177. The van der Waals surface area contributed by atoms with Gasteiger partial charge in [0, 0.05) is 0 Å². The van der Waals surface area contributed by atoms with Gasteiger partial charge in [0.05, 0.1) is 6.10 Å². The van der Waals surface area contributed by atoms with Crippen molar-refractivity contribution < 1.29 is 4.43 Å². The molecule has 0 bridgehead atoms. The molecule has 0 aromatic rings. The maximum atomic E-state index is 6.67.